The third-order valence-electron chi connectivity index (χ3n) is 15.9. The zero-order chi connectivity index (χ0) is 44.0. The fraction of sp³-hybridized carbons (Fsp3) is 0.851. The van der Waals surface area contributed by atoms with Crippen molar-refractivity contribution in [3.63, 3.8) is 0 Å². The van der Waals surface area contributed by atoms with Crippen molar-refractivity contribution in [2.75, 3.05) is 6.61 Å². The Labute approximate surface area is 364 Å². The predicted octanol–water partition coefficient (Wildman–Crippen LogP) is 4.43. The number of carbonyl (C=O) groups excluding carboxylic acids is 3. The molecule has 9 heterocycles. The van der Waals surface area contributed by atoms with Gasteiger partial charge in [0.15, 0.2) is 23.6 Å². The number of carbonyl (C=O) groups is 3. The first-order valence-corrected chi connectivity index (χ1v) is 23.3. The number of allylic oxidation sites excluding steroid dienone is 3. The van der Waals surface area contributed by atoms with Crippen LogP contribution in [0.2, 0.25) is 0 Å². The molecule has 9 rings (SSSR count). The van der Waals surface area contributed by atoms with Gasteiger partial charge < -0.3 is 62.7 Å². The minimum atomic E-state index is -1.97. The van der Waals surface area contributed by atoms with Gasteiger partial charge in [-0.25, -0.2) is 0 Å². The number of esters is 1. The van der Waals surface area contributed by atoms with E-state index < -0.39 is 107 Å². The molecule has 3 N–H and O–H groups in total. The van der Waals surface area contributed by atoms with Crippen molar-refractivity contribution in [2.45, 2.75) is 227 Å². The Bertz CT molecular complexity index is 1800. The Morgan fingerprint density at radius 2 is 1.60 bits per heavy atom. The van der Waals surface area contributed by atoms with Crippen molar-refractivity contribution in [3.05, 3.63) is 23.8 Å². The maximum absolute atomic E-state index is 14.1. The molecule has 0 radical (unpaired) electrons. The summed E-state index contributed by atoms with van der Waals surface area (Å²) < 4.78 is 58.5. The summed E-state index contributed by atoms with van der Waals surface area (Å²) in [6.07, 6.45) is 4.86. The van der Waals surface area contributed by atoms with Gasteiger partial charge in [-0.05, 0) is 90.9 Å². The normalized spacial score (nSPS) is 54.9. The van der Waals surface area contributed by atoms with Gasteiger partial charge in [0, 0.05) is 38.5 Å². The number of Topliss-reactive ketones (excluding diaryl/α,β-unsaturated/α-hetero) is 1. The molecule has 9 aliphatic rings. The molecule has 346 valence electrons. The number of ether oxygens (including phenoxy) is 9. The van der Waals surface area contributed by atoms with E-state index in [2.05, 4.69) is 19.9 Å². The molecular formula is C47H68O15. The molecule has 0 aromatic heterocycles. The van der Waals surface area contributed by atoms with Crippen LogP contribution in [0.4, 0.5) is 0 Å². The third-order valence-corrected chi connectivity index (χ3v) is 15.9. The molecule has 15 heteroatoms. The van der Waals surface area contributed by atoms with Gasteiger partial charge in [-0.2, -0.15) is 0 Å². The topological polar surface area (TPSA) is 195 Å². The lowest BCUT2D eigenvalue weighted by atomic mass is 9.87. The number of rotatable bonds is 2. The zero-order valence-electron chi connectivity index (χ0n) is 37.2. The van der Waals surface area contributed by atoms with E-state index in [1.807, 2.05) is 26.0 Å². The second kappa shape index (κ2) is 16.3. The zero-order valence-corrected chi connectivity index (χ0v) is 37.2. The van der Waals surface area contributed by atoms with Crippen molar-refractivity contribution in [1.82, 2.24) is 0 Å². The number of fused-ring (bicyclic) bond motifs is 10. The van der Waals surface area contributed by atoms with Crippen LogP contribution < -0.4 is 0 Å². The second-order valence-corrected chi connectivity index (χ2v) is 21.0. The maximum atomic E-state index is 14.1. The molecule has 0 aliphatic carbocycles. The summed E-state index contributed by atoms with van der Waals surface area (Å²) in [5.74, 6) is -5.79. The van der Waals surface area contributed by atoms with Gasteiger partial charge in [0.1, 0.15) is 53.9 Å². The summed E-state index contributed by atoms with van der Waals surface area (Å²) in [4.78, 5) is 40.7. The van der Waals surface area contributed by atoms with Crippen molar-refractivity contribution in [1.29, 1.82) is 0 Å². The van der Waals surface area contributed by atoms with E-state index in [4.69, 9.17) is 42.6 Å². The maximum Gasteiger partial charge on any atom is 0.311 e. The summed E-state index contributed by atoms with van der Waals surface area (Å²) in [6, 6.07) is 0. The highest BCUT2D eigenvalue weighted by molar-refractivity contribution is 5.87. The van der Waals surface area contributed by atoms with Crippen LogP contribution in [0, 0.1) is 17.8 Å². The summed E-state index contributed by atoms with van der Waals surface area (Å²) >= 11 is 0. The first-order valence-electron chi connectivity index (χ1n) is 23.3. The number of aldehydes is 1. The highest BCUT2D eigenvalue weighted by atomic mass is 16.8. The Hall–Kier alpha value is -2.15. The van der Waals surface area contributed by atoms with Crippen LogP contribution in [0.1, 0.15) is 131 Å². The second-order valence-electron chi connectivity index (χ2n) is 21.0. The fourth-order valence-electron chi connectivity index (χ4n) is 12.4. The van der Waals surface area contributed by atoms with Gasteiger partial charge in [0.25, 0.3) is 0 Å². The van der Waals surface area contributed by atoms with Crippen molar-refractivity contribution < 1.29 is 72.3 Å². The van der Waals surface area contributed by atoms with Crippen LogP contribution >= 0.6 is 0 Å². The molecule has 2 spiro atoms. The van der Waals surface area contributed by atoms with E-state index in [9.17, 15) is 29.7 Å². The Balaban J connectivity index is 1.01. The van der Waals surface area contributed by atoms with E-state index in [1.165, 1.54) is 0 Å². The number of aliphatic hydroxyl groups is 3. The Kier molecular flexibility index (Phi) is 11.9. The molecule has 8 saturated heterocycles. The number of hydrogen-bond donors (Lipinski definition) is 3. The number of hydrogen-bond acceptors (Lipinski definition) is 15. The highest BCUT2D eigenvalue weighted by Crippen LogP contribution is 2.55. The molecule has 19 atom stereocenters. The molecule has 0 saturated carbocycles. The molecule has 9 aliphatic heterocycles. The summed E-state index contributed by atoms with van der Waals surface area (Å²) in [5, 5.41) is 34.8. The van der Waals surface area contributed by atoms with Gasteiger partial charge in [-0.3, -0.25) is 9.59 Å². The Morgan fingerprint density at radius 3 is 2.39 bits per heavy atom. The molecular weight excluding hydrogens is 805 g/mol. The molecule has 10 bridgehead atoms. The van der Waals surface area contributed by atoms with Crippen molar-refractivity contribution in [2.24, 2.45) is 17.8 Å². The van der Waals surface area contributed by atoms with Crippen LogP contribution in [0.5, 0.6) is 0 Å². The average molecular weight is 873 g/mol. The summed E-state index contributed by atoms with van der Waals surface area (Å²) in [7, 11) is 0. The van der Waals surface area contributed by atoms with E-state index in [1.54, 1.807) is 13.8 Å². The molecule has 15 nitrogen and oxygen atoms in total. The molecule has 0 amide bonds. The molecule has 8 fully saturated rings. The third kappa shape index (κ3) is 8.00. The Morgan fingerprint density at radius 1 is 0.806 bits per heavy atom. The lowest BCUT2D eigenvalue weighted by Crippen LogP contribution is -2.59. The minimum absolute atomic E-state index is 0.0637. The van der Waals surface area contributed by atoms with E-state index in [0.29, 0.717) is 57.8 Å². The van der Waals surface area contributed by atoms with Crippen LogP contribution in [0.3, 0.4) is 0 Å². The van der Waals surface area contributed by atoms with Crippen molar-refractivity contribution >= 4 is 18.0 Å². The van der Waals surface area contributed by atoms with E-state index >= 15 is 0 Å². The minimum Gasteiger partial charge on any atom is -0.459 e. The van der Waals surface area contributed by atoms with E-state index in [0.717, 1.165) is 24.7 Å². The molecule has 1 unspecified atom stereocenters. The molecule has 0 aromatic rings. The van der Waals surface area contributed by atoms with Crippen molar-refractivity contribution in [3.8, 4) is 0 Å². The lowest BCUT2D eigenvalue weighted by Gasteiger charge is -2.46. The van der Waals surface area contributed by atoms with Crippen LogP contribution in [0.25, 0.3) is 0 Å². The van der Waals surface area contributed by atoms with Gasteiger partial charge >= 0.3 is 5.97 Å². The van der Waals surface area contributed by atoms with Crippen LogP contribution in [-0.4, -0.2) is 135 Å². The smallest absolute Gasteiger partial charge is 0.311 e. The van der Waals surface area contributed by atoms with Crippen LogP contribution in [0.15, 0.2) is 23.8 Å². The van der Waals surface area contributed by atoms with Gasteiger partial charge in [-0.1, -0.05) is 37.6 Å². The predicted molar refractivity (Wildman–Crippen MR) is 218 cm³/mol. The number of ketones is 1. The lowest BCUT2D eigenvalue weighted by molar-refractivity contribution is -0.354. The monoisotopic (exact) mass is 872 g/mol. The van der Waals surface area contributed by atoms with Crippen LogP contribution in [-0.2, 0) is 57.0 Å². The highest BCUT2D eigenvalue weighted by Gasteiger charge is 2.66. The first kappa shape index (κ1) is 45.0. The average Bonchev–Trinajstić information content (AvgIpc) is 4.06. The van der Waals surface area contributed by atoms with E-state index in [-0.39, 0.29) is 43.5 Å². The first-order chi connectivity index (χ1) is 29.3. The molecule has 0 aromatic carbocycles. The van der Waals surface area contributed by atoms with Gasteiger partial charge in [0.2, 0.25) is 5.79 Å². The summed E-state index contributed by atoms with van der Waals surface area (Å²) in [5.41, 5.74) is -2.03. The van der Waals surface area contributed by atoms with Gasteiger partial charge in [0.05, 0.1) is 36.4 Å². The summed E-state index contributed by atoms with van der Waals surface area (Å²) in [6.45, 7) is 11.8. The largest absolute Gasteiger partial charge is 0.459 e. The number of aliphatic hydroxyl groups excluding tert-OH is 2. The quantitative estimate of drug-likeness (QED) is 0.260. The van der Waals surface area contributed by atoms with Gasteiger partial charge in [-0.15, -0.1) is 0 Å². The standard InChI is InChI=1S/C47H68O15/c1-26-9-10-32-34(21-37(55-32)47(53)39(50)28(3)13-19-54-47)56-41(52)29(4)31-8-7-14-45(57-31)16-11-33(58-45)40(51)43(6)23-30(49)38(61-43)35-24-44(25-48)17-18-46(59-35,62-44)36-12-15-42(5,60-36)22-27(2)20-26/h9-10,20,25,27-29,31-40,50-51,53H,7-8,11-19,21-24H2,1-6H3/b10-9-,26-20-/t27-,28+,29+,31-,32+,33-,34+,35+,36+,37-,38-,39+,40-,42+,43+,44-,45?,46-,47+/m1/s1. The molecule has 62 heavy (non-hydrogen) atoms. The SMILES string of the molecule is CC1=C/[C@@H](C)C[C@]2(C)CC[C@H](O2)[C@]23CC[C@](C=O)(C[C@H](O2)[C@@H]2O[C@@](C)(CC2=O)[C@H](O)[C@H]2CCC4(CCC[C@@H](O4)[C@H](C)C(=O)O[C@H]4C[C@H]([C@]5(O)OCC[C@H](C)[C@@H]5O)O[C@H]4/C=C\1)O2)O3. The fourth-order valence-corrected chi connectivity index (χ4v) is 12.4.